The highest BCUT2D eigenvalue weighted by molar-refractivity contribution is 5.92. The van der Waals surface area contributed by atoms with Gasteiger partial charge in [0.25, 0.3) is 0 Å². The molecule has 0 aromatic heterocycles. The number of aliphatic hydroxyl groups excluding tert-OH is 1. The van der Waals surface area contributed by atoms with Gasteiger partial charge in [0.15, 0.2) is 0 Å². The minimum atomic E-state index is -1.38. The van der Waals surface area contributed by atoms with Gasteiger partial charge in [-0.2, -0.15) is 0 Å². The molecule has 182 valence electrons. The van der Waals surface area contributed by atoms with Crippen molar-refractivity contribution < 1.29 is 38.7 Å². The lowest BCUT2D eigenvalue weighted by molar-refractivity contribution is -0.307. The van der Waals surface area contributed by atoms with Crippen LogP contribution in [0.15, 0.2) is 35.5 Å². The number of aliphatic hydroxyl groups is 2. The molecule has 1 saturated heterocycles. The largest absolute Gasteiger partial charge is 0.466 e. The smallest absolute Gasteiger partial charge is 0.339 e. The second-order valence-corrected chi connectivity index (χ2v) is 9.85. The number of rotatable bonds is 6. The van der Waals surface area contributed by atoms with Gasteiger partial charge in [0.2, 0.25) is 5.79 Å². The van der Waals surface area contributed by atoms with Crippen molar-refractivity contribution in [2.45, 2.75) is 63.6 Å². The summed E-state index contributed by atoms with van der Waals surface area (Å²) in [6.07, 6.45) is 2.89. The molecule has 1 saturated carbocycles. The van der Waals surface area contributed by atoms with Crippen LogP contribution in [-0.4, -0.2) is 65.6 Å². The van der Waals surface area contributed by atoms with Crippen LogP contribution in [0.25, 0.3) is 0 Å². The van der Waals surface area contributed by atoms with Crippen LogP contribution in [0.4, 0.5) is 0 Å². The van der Waals surface area contributed by atoms with Gasteiger partial charge < -0.3 is 29.2 Å². The fourth-order valence-corrected chi connectivity index (χ4v) is 6.73. The first-order valence-corrected chi connectivity index (χ1v) is 11.6. The summed E-state index contributed by atoms with van der Waals surface area (Å²) in [5.74, 6) is -4.56. The van der Waals surface area contributed by atoms with E-state index in [2.05, 4.69) is 6.58 Å². The molecule has 0 amide bonds. The number of fused-ring (bicyclic) bond motifs is 2. The van der Waals surface area contributed by atoms with Crippen molar-refractivity contribution in [1.29, 1.82) is 0 Å². The number of esters is 2. The van der Waals surface area contributed by atoms with Crippen LogP contribution in [0.1, 0.15) is 40.5 Å². The average molecular weight is 463 g/mol. The molecule has 0 radical (unpaired) electrons. The van der Waals surface area contributed by atoms with E-state index in [4.69, 9.17) is 18.9 Å². The molecule has 2 N–H and O–H groups in total. The molecule has 8 atom stereocenters. The van der Waals surface area contributed by atoms with Crippen molar-refractivity contribution in [3.05, 3.63) is 35.5 Å². The number of allylic oxidation sites excluding steroid dienone is 1. The Bertz CT molecular complexity index is 933. The maximum atomic E-state index is 13.1. The van der Waals surface area contributed by atoms with Gasteiger partial charge >= 0.3 is 11.9 Å². The fourth-order valence-electron chi connectivity index (χ4n) is 6.73. The summed E-state index contributed by atoms with van der Waals surface area (Å²) in [7, 11) is 1.30. The molecule has 0 aromatic rings. The molecule has 33 heavy (non-hydrogen) atoms. The third-order valence-corrected chi connectivity index (χ3v) is 7.76. The highest BCUT2D eigenvalue weighted by Crippen LogP contribution is 2.66. The van der Waals surface area contributed by atoms with Crippen molar-refractivity contribution in [3.8, 4) is 0 Å². The Labute approximate surface area is 194 Å². The highest BCUT2D eigenvalue weighted by atomic mass is 16.7. The summed E-state index contributed by atoms with van der Waals surface area (Å²) in [4.78, 5) is 25.9. The monoisotopic (exact) mass is 462 g/mol. The van der Waals surface area contributed by atoms with E-state index in [-0.39, 0.29) is 31.1 Å². The average Bonchev–Trinajstić information content (AvgIpc) is 3.15. The first-order valence-electron chi connectivity index (χ1n) is 11.6. The first-order chi connectivity index (χ1) is 15.5. The Morgan fingerprint density at radius 3 is 2.52 bits per heavy atom. The molecule has 2 bridgehead atoms. The van der Waals surface area contributed by atoms with Gasteiger partial charge in [0, 0.05) is 42.8 Å². The van der Waals surface area contributed by atoms with E-state index in [1.807, 2.05) is 13.8 Å². The van der Waals surface area contributed by atoms with Crippen LogP contribution in [0, 0.1) is 23.7 Å². The van der Waals surface area contributed by atoms with Gasteiger partial charge in [-0.3, -0.25) is 0 Å². The summed E-state index contributed by atoms with van der Waals surface area (Å²) in [5.41, 5.74) is -1.17. The summed E-state index contributed by atoms with van der Waals surface area (Å²) in [5, 5.41) is 22.5. The maximum Gasteiger partial charge on any atom is 0.339 e. The Balaban J connectivity index is 2.00. The predicted molar refractivity (Wildman–Crippen MR) is 118 cm³/mol. The molecule has 4 rings (SSSR count). The van der Waals surface area contributed by atoms with E-state index in [9.17, 15) is 19.8 Å². The molecule has 8 nitrogen and oxygen atoms in total. The zero-order valence-corrected chi connectivity index (χ0v) is 19.9. The lowest BCUT2D eigenvalue weighted by Gasteiger charge is -2.56. The molecule has 0 aromatic carbocycles. The first kappa shape index (κ1) is 24.1. The number of hydrogen-bond acceptors (Lipinski definition) is 8. The Hall–Kier alpha value is -2.00. The minimum Gasteiger partial charge on any atom is -0.466 e. The van der Waals surface area contributed by atoms with Crippen LogP contribution in [-0.2, 0) is 28.5 Å². The summed E-state index contributed by atoms with van der Waals surface area (Å²) >= 11 is 0. The zero-order chi connectivity index (χ0) is 24.3. The van der Waals surface area contributed by atoms with Crippen molar-refractivity contribution in [1.82, 2.24) is 0 Å². The third kappa shape index (κ3) is 3.33. The van der Waals surface area contributed by atoms with Gasteiger partial charge in [0.05, 0.1) is 31.0 Å². The molecule has 2 aliphatic carbocycles. The number of hydrogen-bond donors (Lipinski definition) is 2. The summed E-state index contributed by atoms with van der Waals surface area (Å²) in [6.45, 7) is 11.7. The zero-order valence-electron chi connectivity index (χ0n) is 19.9. The molecule has 8 heteroatoms. The van der Waals surface area contributed by atoms with E-state index < -0.39 is 52.8 Å². The molecular weight excluding hydrogens is 428 g/mol. The SMILES string of the molecule is C=C(C)[C@@H]1C[C@@]2(OCC)O[C@]3(C=C2C(=O)OCC)[C@@H]1C=C(C(=O)OC)[C@@H]1[C@H](O)C[C@](C)(O)[C@H]13. The van der Waals surface area contributed by atoms with E-state index in [1.54, 1.807) is 26.0 Å². The van der Waals surface area contributed by atoms with Crippen molar-refractivity contribution >= 4 is 11.9 Å². The second kappa shape index (κ2) is 8.05. The van der Waals surface area contributed by atoms with Crippen LogP contribution in [0.2, 0.25) is 0 Å². The van der Waals surface area contributed by atoms with E-state index in [1.165, 1.54) is 7.11 Å². The highest BCUT2D eigenvalue weighted by Gasteiger charge is 2.73. The minimum absolute atomic E-state index is 0.0520. The van der Waals surface area contributed by atoms with E-state index in [0.29, 0.717) is 12.0 Å². The lowest BCUT2D eigenvalue weighted by atomic mass is 9.57. The van der Waals surface area contributed by atoms with Crippen LogP contribution < -0.4 is 0 Å². The van der Waals surface area contributed by atoms with Gasteiger partial charge in [0.1, 0.15) is 5.60 Å². The van der Waals surface area contributed by atoms with Crippen molar-refractivity contribution in [2.24, 2.45) is 23.7 Å². The molecule has 2 heterocycles. The Morgan fingerprint density at radius 1 is 1.24 bits per heavy atom. The molecule has 0 unspecified atom stereocenters. The summed E-state index contributed by atoms with van der Waals surface area (Å²) in [6, 6.07) is 0. The van der Waals surface area contributed by atoms with Crippen LogP contribution in [0.3, 0.4) is 0 Å². The Morgan fingerprint density at radius 2 is 1.94 bits per heavy atom. The topological polar surface area (TPSA) is 112 Å². The molecule has 2 aliphatic heterocycles. The number of carbonyl (C=O) groups excluding carboxylic acids is 2. The number of methoxy groups -OCH3 is 1. The van der Waals surface area contributed by atoms with Gasteiger partial charge in [-0.25, -0.2) is 9.59 Å². The van der Waals surface area contributed by atoms with Gasteiger partial charge in [-0.15, -0.1) is 0 Å². The van der Waals surface area contributed by atoms with Crippen LogP contribution >= 0.6 is 0 Å². The van der Waals surface area contributed by atoms with Crippen molar-refractivity contribution in [2.75, 3.05) is 20.3 Å². The maximum absolute atomic E-state index is 13.1. The second-order valence-electron chi connectivity index (χ2n) is 9.85. The lowest BCUT2D eigenvalue weighted by Crippen LogP contribution is -2.63. The van der Waals surface area contributed by atoms with E-state index >= 15 is 0 Å². The standard InChI is InChI=1S/C25H34O8/c1-7-31-22(28)17-11-24-16(15(13(3)4)10-25(17,33-24)32-8-2)9-14(21(27)30-6)19-18(26)12-23(5,29)20(19)24/h9,11,15-16,18-20,26,29H,3,7-8,10,12H2,1-2,4-6H3/t15-,16+,18+,19+,20-,23-,24+,25+/m0/s1. The molecule has 2 fully saturated rings. The molecular formula is C25H34O8. The van der Waals surface area contributed by atoms with Crippen molar-refractivity contribution in [3.63, 3.8) is 0 Å². The number of carbonyl (C=O) groups is 2. The number of ether oxygens (including phenoxy) is 4. The van der Waals surface area contributed by atoms with Crippen LogP contribution in [0.5, 0.6) is 0 Å². The van der Waals surface area contributed by atoms with Gasteiger partial charge in [-0.1, -0.05) is 18.2 Å². The third-order valence-electron chi connectivity index (χ3n) is 7.76. The normalized spacial score (nSPS) is 43.2. The quantitative estimate of drug-likeness (QED) is 0.456. The fraction of sp³-hybridized carbons (Fsp3) is 0.680. The molecule has 1 spiro atoms. The molecule has 4 aliphatic rings. The summed E-state index contributed by atoms with van der Waals surface area (Å²) < 4.78 is 23.2. The Kier molecular flexibility index (Phi) is 5.88. The van der Waals surface area contributed by atoms with Gasteiger partial charge in [-0.05, 0) is 39.7 Å². The predicted octanol–water partition coefficient (Wildman–Crippen LogP) is 2.05. The van der Waals surface area contributed by atoms with E-state index in [0.717, 1.165) is 5.57 Å².